The van der Waals surface area contributed by atoms with Gasteiger partial charge in [0.1, 0.15) is 0 Å². The van der Waals surface area contributed by atoms with Crippen molar-refractivity contribution in [1.29, 1.82) is 0 Å². The summed E-state index contributed by atoms with van der Waals surface area (Å²) < 4.78 is 0. The van der Waals surface area contributed by atoms with Crippen molar-refractivity contribution >= 4 is 17.3 Å². The fraction of sp³-hybridized carbons (Fsp3) is 0.364. The highest BCUT2D eigenvalue weighted by Crippen LogP contribution is 2.18. The van der Waals surface area contributed by atoms with Gasteiger partial charge in [0.15, 0.2) is 5.11 Å². The molecule has 0 amide bonds. The van der Waals surface area contributed by atoms with Crippen LogP contribution in [0.3, 0.4) is 0 Å². The number of thiocarbonyl (C=S) groups is 1. The SMILES string of the molecule is Cc1ccc(C2CCNC(=S)N2)cc1. The van der Waals surface area contributed by atoms with Gasteiger partial charge in [0, 0.05) is 6.54 Å². The molecule has 2 N–H and O–H groups in total. The van der Waals surface area contributed by atoms with Crippen molar-refractivity contribution in [1.82, 2.24) is 10.6 Å². The number of hydrogen-bond acceptors (Lipinski definition) is 1. The minimum absolute atomic E-state index is 0.379. The molecule has 3 heteroatoms. The Morgan fingerprint density at radius 3 is 2.64 bits per heavy atom. The van der Waals surface area contributed by atoms with Gasteiger partial charge in [0.25, 0.3) is 0 Å². The van der Waals surface area contributed by atoms with E-state index in [0.29, 0.717) is 6.04 Å². The van der Waals surface area contributed by atoms with Crippen molar-refractivity contribution in [2.24, 2.45) is 0 Å². The van der Waals surface area contributed by atoms with Crippen molar-refractivity contribution in [2.45, 2.75) is 19.4 Å². The van der Waals surface area contributed by atoms with Gasteiger partial charge in [-0.3, -0.25) is 0 Å². The first-order valence-electron chi connectivity index (χ1n) is 4.86. The molecular weight excluding hydrogens is 192 g/mol. The van der Waals surface area contributed by atoms with Gasteiger partial charge in [0.05, 0.1) is 6.04 Å². The van der Waals surface area contributed by atoms with Gasteiger partial charge in [-0.05, 0) is 31.1 Å². The van der Waals surface area contributed by atoms with Crippen LogP contribution in [-0.4, -0.2) is 11.7 Å². The Kier molecular flexibility index (Phi) is 2.68. The van der Waals surface area contributed by atoms with Gasteiger partial charge in [-0.1, -0.05) is 29.8 Å². The zero-order valence-electron chi connectivity index (χ0n) is 8.21. The monoisotopic (exact) mass is 206 g/mol. The maximum atomic E-state index is 5.09. The van der Waals surface area contributed by atoms with E-state index in [1.165, 1.54) is 11.1 Å². The van der Waals surface area contributed by atoms with E-state index in [0.717, 1.165) is 18.1 Å². The predicted octanol–water partition coefficient (Wildman–Crippen LogP) is 1.90. The molecule has 2 rings (SSSR count). The standard InChI is InChI=1S/C11H14N2S/c1-8-2-4-9(5-3-8)10-6-7-12-11(14)13-10/h2-5,10H,6-7H2,1H3,(H2,12,13,14). The molecule has 1 aliphatic rings. The summed E-state index contributed by atoms with van der Waals surface area (Å²) in [6.07, 6.45) is 1.09. The Balaban J connectivity index is 2.14. The van der Waals surface area contributed by atoms with Crippen molar-refractivity contribution < 1.29 is 0 Å². The molecule has 1 saturated heterocycles. The van der Waals surface area contributed by atoms with Crippen LogP contribution in [0.2, 0.25) is 0 Å². The summed E-state index contributed by atoms with van der Waals surface area (Å²) in [6.45, 7) is 3.06. The molecule has 1 atom stereocenters. The van der Waals surface area contributed by atoms with Crippen molar-refractivity contribution in [3.63, 3.8) is 0 Å². The van der Waals surface area contributed by atoms with E-state index in [1.54, 1.807) is 0 Å². The summed E-state index contributed by atoms with van der Waals surface area (Å²) >= 11 is 5.09. The molecule has 1 aliphatic heterocycles. The number of nitrogens with one attached hydrogen (secondary N) is 2. The van der Waals surface area contributed by atoms with E-state index in [1.807, 2.05) is 0 Å². The van der Waals surface area contributed by atoms with Crippen LogP contribution < -0.4 is 10.6 Å². The fourth-order valence-electron chi connectivity index (χ4n) is 1.66. The third kappa shape index (κ3) is 2.04. The van der Waals surface area contributed by atoms with Crippen LogP contribution >= 0.6 is 12.2 Å². The third-order valence-corrected chi connectivity index (χ3v) is 2.77. The average Bonchev–Trinajstić information content (AvgIpc) is 2.19. The lowest BCUT2D eigenvalue weighted by atomic mass is 10.0. The molecule has 0 radical (unpaired) electrons. The molecule has 0 spiro atoms. The Bertz CT molecular complexity index is 332. The molecule has 0 aliphatic carbocycles. The molecule has 0 aromatic heterocycles. The third-order valence-electron chi connectivity index (χ3n) is 2.50. The van der Waals surface area contributed by atoms with Gasteiger partial charge in [-0.2, -0.15) is 0 Å². The molecule has 0 bridgehead atoms. The zero-order valence-corrected chi connectivity index (χ0v) is 9.03. The maximum Gasteiger partial charge on any atom is 0.166 e. The largest absolute Gasteiger partial charge is 0.363 e. The molecule has 14 heavy (non-hydrogen) atoms. The average molecular weight is 206 g/mol. The molecule has 1 fully saturated rings. The molecule has 74 valence electrons. The number of rotatable bonds is 1. The minimum atomic E-state index is 0.379. The molecule has 1 aromatic rings. The lowest BCUT2D eigenvalue weighted by Crippen LogP contribution is -2.44. The molecule has 1 heterocycles. The quantitative estimate of drug-likeness (QED) is 0.686. The first-order chi connectivity index (χ1) is 6.75. The first kappa shape index (κ1) is 9.46. The second-order valence-electron chi connectivity index (χ2n) is 3.65. The topological polar surface area (TPSA) is 24.1 Å². The second kappa shape index (κ2) is 3.96. The molecule has 0 saturated carbocycles. The summed E-state index contributed by atoms with van der Waals surface area (Å²) in [5.41, 5.74) is 2.62. The lowest BCUT2D eigenvalue weighted by Gasteiger charge is -2.26. The normalized spacial score (nSPS) is 21.2. The highest BCUT2D eigenvalue weighted by molar-refractivity contribution is 7.80. The Hall–Kier alpha value is -1.09. The summed E-state index contributed by atoms with van der Waals surface area (Å²) in [6, 6.07) is 9.00. The van der Waals surface area contributed by atoms with Crippen molar-refractivity contribution in [3.8, 4) is 0 Å². The van der Waals surface area contributed by atoms with E-state index in [2.05, 4.69) is 41.8 Å². The smallest absolute Gasteiger partial charge is 0.166 e. The van der Waals surface area contributed by atoms with Gasteiger partial charge in [-0.15, -0.1) is 0 Å². The van der Waals surface area contributed by atoms with Crippen LogP contribution in [0.5, 0.6) is 0 Å². The first-order valence-corrected chi connectivity index (χ1v) is 5.27. The van der Waals surface area contributed by atoms with Gasteiger partial charge < -0.3 is 10.6 Å². The Labute approximate surface area is 89.7 Å². The molecular formula is C11H14N2S. The molecule has 1 aromatic carbocycles. The predicted molar refractivity (Wildman–Crippen MR) is 62.3 cm³/mol. The lowest BCUT2D eigenvalue weighted by molar-refractivity contribution is 0.537. The van der Waals surface area contributed by atoms with Crippen molar-refractivity contribution in [3.05, 3.63) is 35.4 Å². The van der Waals surface area contributed by atoms with Gasteiger partial charge >= 0.3 is 0 Å². The van der Waals surface area contributed by atoms with Gasteiger partial charge in [-0.25, -0.2) is 0 Å². The van der Waals surface area contributed by atoms with Crippen LogP contribution in [-0.2, 0) is 0 Å². The van der Waals surface area contributed by atoms with Gasteiger partial charge in [0.2, 0.25) is 0 Å². The van der Waals surface area contributed by atoms with E-state index >= 15 is 0 Å². The fourth-order valence-corrected chi connectivity index (χ4v) is 1.90. The van der Waals surface area contributed by atoms with Crippen LogP contribution in [0.4, 0.5) is 0 Å². The van der Waals surface area contributed by atoms with Crippen LogP contribution in [0.25, 0.3) is 0 Å². The Morgan fingerprint density at radius 2 is 2.00 bits per heavy atom. The highest BCUT2D eigenvalue weighted by Gasteiger charge is 2.16. The highest BCUT2D eigenvalue weighted by atomic mass is 32.1. The van der Waals surface area contributed by atoms with Crippen molar-refractivity contribution in [2.75, 3.05) is 6.54 Å². The van der Waals surface area contributed by atoms with E-state index in [4.69, 9.17) is 12.2 Å². The summed E-state index contributed by atoms with van der Waals surface area (Å²) in [5.74, 6) is 0. The van der Waals surface area contributed by atoms with Crippen LogP contribution in [0.1, 0.15) is 23.6 Å². The van der Waals surface area contributed by atoms with Crippen LogP contribution in [0.15, 0.2) is 24.3 Å². The minimum Gasteiger partial charge on any atom is -0.363 e. The number of hydrogen-bond donors (Lipinski definition) is 2. The zero-order chi connectivity index (χ0) is 9.97. The second-order valence-corrected chi connectivity index (χ2v) is 4.06. The summed E-state index contributed by atoms with van der Waals surface area (Å²) in [5, 5.41) is 7.15. The maximum absolute atomic E-state index is 5.09. The molecule has 1 unspecified atom stereocenters. The number of aryl methyl sites for hydroxylation is 1. The van der Waals surface area contributed by atoms with E-state index in [9.17, 15) is 0 Å². The summed E-state index contributed by atoms with van der Waals surface area (Å²) in [7, 11) is 0. The van der Waals surface area contributed by atoms with Crippen LogP contribution in [0, 0.1) is 6.92 Å². The molecule has 2 nitrogen and oxygen atoms in total. The van der Waals surface area contributed by atoms with E-state index < -0.39 is 0 Å². The summed E-state index contributed by atoms with van der Waals surface area (Å²) in [4.78, 5) is 0. The van der Waals surface area contributed by atoms with E-state index in [-0.39, 0.29) is 0 Å². The Morgan fingerprint density at radius 1 is 1.29 bits per heavy atom. The number of benzene rings is 1.